The van der Waals surface area contributed by atoms with Gasteiger partial charge in [-0.25, -0.2) is 4.79 Å². The molecule has 3 aliphatic rings. The first-order valence-electron chi connectivity index (χ1n) is 7.81. The minimum absolute atomic E-state index is 0.0559. The molecule has 6 heteroatoms. The van der Waals surface area contributed by atoms with Gasteiger partial charge < -0.3 is 14.9 Å². The van der Waals surface area contributed by atoms with Crippen molar-refractivity contribution in [3.05, 3.63) is 88.4 Å². The van der Waals surface area contributed by atoms with Crippen molar-refractivity contribution in [2.24, 2.45) is 0 Å². The number of carboxylic acids is 1. The van der Waals surface area contributed by atoms with Crippen LogP contribution in [0.4, 0.5) is 0 Å². The monoisotopic (exact) mass is 348 g/mol. The second-order valence-corrected chi connectivity index (χ2v) is 5.92. The molecule has 1 heterocycles. The van der Waals surface area contributed by atoms with E-state index in [2.05, 4.69) is 0 Å². The van der Waals surface area contributed by atoms with Gasteiger partial charge in [-0.1, -0.05) is 30.4 Å². The number of benzene rings is 1. The molecule has 0 radical (unpaired) electrons. The molecule has 0 amide bonds. The number of ketones is 2. The van der Waals surface area contributed by atoms with Crippen LogP contribution in [0.15, 0.2) is 77.3 Å². The van der Waals surface area contributed by atoms with E-state index in [4.69, 9.17) is 4.74 Å². The Balaban J connectivity index is 2.05. The molecule has 0 fully saturated rings. The summed E-state index contributed by atoms with van der Waals surface area (Å²) < 4.78 is 5.70. The number of hydrogen-bond donors (Lipinski definition) is 2. The molecule has 2 N–H and O–H groups in total. The van der Waals surface area contributed by atoms with Gasteiger partial charge in [0.1, 0.15) is 11.5 Å². The standard InChI is InChI=1S/C20H12O6/c21-10-5-6-13-17(7-10)26-18-9-16(23)15(22)8-14(18)19(13)11-3-1-2-4-12(11)20(24)25/h1-10,21H,(H,24,25). The first kappa shape index (κ1) is 16.0. The van der Waals surface area contributed by atoms with Crippen LogP contribution in [0.3, 0.4) is 0 Å². The lowest BCUT2D eigenvalue weighted by molar-refractivity contribution is -0.131. The van der Waals surface area contributed by atoms with E-state index in [1.807, 2.05) is 0 Å². The predicted octanol–water partition coefficient (Wildman–Crippen LogP) is 1.95. The van der Waals surface area contributed by atoms with E-state index in [-0.39, 0.29) is 11.3 Å². The zero-order valence-electron chi connectivity index (χ0n) is 13.3. The summed E-state index contributed by atoms with van der Waals surface area (Å²) in [4.78, 5) is 35.3. The number of rotatable bonds is 2. The third kappa shape index (κ3) is 2.44. The average molecular weight is 348 g/mol. The van der Waals surface area contributed by atoms with E-state index in [0.29, 0.717) is 28.0 Å². The Morgan fingerprint density at radius 3 is 2.54 bits per heavy atom. The minimum Gasteiger partial charge on any atom is -0.478 e. The van der Waals surface area contributed by atoms with E-state index in [1.54, 1.807) is 24.3 Å². The molecule has 4 rings (SSSR count). The number of carbonyl (C=O) groups excluding carboxylic acids is 2. The van der Waals surface area contributed by atoms with Crippen LogP contribution >= 0.6 is 0 Å². The fourth-order valence-electron chi connectivity index (χ4n) is 3.14. The lowest BCUT2D eigenvalue weighted by atomic mass is 9.82. The molecule has 2 aliphatic carbocycles. The summed E-state index contributed by atoms with van der Waals surface area (Å²) in [5.74, 6) is -2.08. The van der Waals surface area contributed by atoms with E-state index in [0.717, 1.165) is 12.2 Å². The van der Waals surface area contributed by atoms with Crippen LogP contribution in [0.25, 0.3) is 5.57 Å². The van der Waals surface area contributed by atoms with Crippen molar-refractivity contribution < 1.29 is 29.3 Å². The summed E-state index contributed by atoms with van der Waals surface area (Å²) in [7, 11) is 0. The van der Waals surface area contributed by atoms with Gasteiger partial charge in [-0.15, -0.1) is 0 Å². The number of carbonyl (C=O) groups is 3. The molecule has 0 saturated heterocycles. The number of allylic oxidation sites excluding steroid dienone is 4. The third-order valence-electron chi connectivity index (χ3n) is 4.28. The second kappa shape index (κ2) is 5.79. The molecule has 26 heavy (non-hydrogen) atoms. The highest BCUT2D eigenvalue weighted by Gasteiger charge is 2.34. The summed E-state index contributed by atoms with van der Waals surface area (Å²) in [6, 6.07) is 6.39. The van der Waals surface area contributed by atoms with E-state index >= 15 is 0 Å². The first-order chi connectivity index (χ1) is 12.5. The Labute approximate surface area is 147 Å². The zero-order valence-corrected chi connectivity index (χ0v) is 13.3. The van der Waals surface area contributed by atoms with Gasteiger partial charge in [0.2, 0.25) is 11.6 Å². The van der Waals surface area contributed by atoms with Crippen molar-refractivity contribution in [3.63, 3.8) is 0 Å². The van der Waals surface area contributed by atoms with Crippen molar-refractivity contribution in [2.75, 3.05) is 0 Å². The molecule has 1 aliphatic heterocycles. The highest BCUT2D eigenvalue weighted by molar-refractivity contribution is 6.47. The molecular weight excluding hydrogens is 336 g/mol. The summed E-state index contributed by atoms with van der Waals surface area (Å²) in [5, 5.41) is 19.4. The second-order valence-electron chi connectivity index (χ2n) is 5.92. The van der Waals surface area contributed by atoms with Crippen molar-refractivity contribution in [2.45, 2.75) is 6.10 Å². The lowest BCUT2D eigenvalue weighted by Crippen LogP contribution is -2.22. The summed E-state index contributed by atoms with van der Waals surface area (Å²) in [6.45, 7) is 0. The van der Waals surface area contributed by atoms with Crippen LogP contribution in [0.5, 0.6) is 0 Å². The molecule has 1 aromatic carbocycles. The van der Waals surface area contributed by atoms with Gasteiger partial charge in [0.15, 0.2) is 0 Å². The van der Waals surface area contributed by atoms with Crippen molar-refractivity contribution in [3.8, 4) is 0 Å². The quantitative estimate of drug-likeness (QED) is 0.626. The van der Waals surface area contributed by atoms with E-state index in [9.17, 15) is 24.6 Å². The fraction of sp³-hybridized carbons (Fsp3) is 0.0500. The molecule has 1 unspecified atom stereocenters. The largest absolute Gasteiger partial charge is 0.478 e. The molecule has 0 saturated carbocycles. The highest BCUT2D eigenvalue weighted by Crippen LogP contribution is 2.44. The maximum atomic E-state index is 11.9. The summed E-state index contributed by atoms with van der Waals surface area (Å²) in [5.41, 5.74) is 1.80. The molecule has 1 aromatic rings. The Morgan fingerprint density at radius 2 is 1.77 bits per heavy atom. The predicted molar refractivity (Wildman–Crippen MR) is 90.8 cm³/mol. The van der Waals surface area contributed by atoms with Crippen molar-refractivity contribution >= 4 is 23.1 Å². The van der Waals surface area contributed by atoms with Gasteiger partial charge in [0.05, 0.1) is 11.7 Å². The van der Waals surface area contributed by atoms with E-state index < -0.39 is 23.6 Å². The van der Waals surface area contributed by atoms with Gasteiger partial charge in [-0.05, 0) is 17.7 Å². The smallest absolute Gasteiger partial charge is 0.336 e. The first-order valence-corrected chi connectivity index (χ1v) is 7.81. The number of aliphatic hydroxyl groups excluding tert-OH is 1. The lowest BCUT2D eigenvalue weighted by Gasteiger charge is -2.30. The van der Waals surface area contributed by atoms with Crippen LogP contribution in [0.2, 0.25) is 0 Å². The van der Waals surface area contributed by atoms with Crippen LogP contribution < -0.4 is 0 Å². The molecule has 128 valence electrons. The summed E-state index contributed by atoms with van der Waals surface area (Å²) >= 11 is 0. The van der Waals surface area contributed by atoms with Gasteiger partial charge in [-0.2, -0.15) is 0 Å². The van der Waals surface area contributed by atoms with Gasteiger partial charge in [-0.3, -0.25) is 9.59 Å². The normalized spacial score (nSPS) is 21.3. The number of fused-ring (bicyclic) bond motifs is 2. The Kier molecular flexibility index (Phi) is 3.56. The number of hydrogen-bond acceptors (Lipinski definition) is 5. The maximum Gasteiger partial charge on any atom is 0.336 e. The molecule has 0 aromatic heterocycles. The number of aromatic carboxylic acids is 1. The van der Waals surface area contributed by atoms with Crippen LogP contribution in [0, 0.1) is 0 Å². The molecule has 0 bridgehead atoms. The van der Waals surface area contributed by atoms with Gasteiger partial charge in [0.25, 0.3) is 0 Å². The van der Waals surface area contributed by atoms with Gasteiger partial charge in [0, 0.05) is 28.9 Å². The average Bonchev–Trinajstić information content (AvgIpc) is 2.61. The summed E-state index contributed by atoms with van der Waals surface area (Å²) in [6.07, 6.45) is 5.98. The molecule has 1 atom stereocenters. The number of carboxylic acid groups (broad SMARTS) is 1. The van der Waals surface area contributed by atoms with Crippen molar-refractivity contribution in [1.29, 1.82) is 0 Å². The van der Waals surface area contributed by atoms with E-state index in [1.165, 1.54) is 18.2 Å². The number of aliphatic hydroxyl groups is 1. The Bertz CT molecular complexity index is 1030. The minimum atomic E-state index is -1.12. The molecular formula is C20H12O6. The Hall–Kier alpha value is -3.51. The third-order valence-corrected chi connectivity index (χ3v) is 4.28. The fourth-order valence-corrected chi connectivity index (χ4v) is 3.14. The van der Waals surface area contributed by atoms with Gasteiger partial charge >= 0.3 is 5.97 Å². The highest BCUT2D eigenvalue weighted by atomic mass is 16.5. The Morgan fingerprint density at radius 1 is 1.04 bits per heavy atom. The van der Waals surface area contributed by atoms with Crippen molar-refractivity contribution in [1.82, 2.24) is 0 Å². The zero-order chi connectivity index (χ0) is 18.4. The molecule has 0 spiro atoms. The van der Waals surface area contributed by atoms with Crippen LogP contribution in [0.1, 0.15) is 15.9 Å². The van der Waals surface area contributed by atoms with Crippen LogP contribution in [-0.4, -0.2) is 33.9 Å². The maximum absolute atomic E-state index is 11.9. The van der Waals surface area contributed by atoms with Crippen LogP contribution in [-0.2, 0) is 14.3 Å². The SMILES string of the molecule is O=C1C=C2OC3=CC(O)C=CC3=C(c3ccccc3C(=O)O)C2=CC1=O. The molecule has 6 nitrogen and oxygen atoms in total. The topological polar surface area (TPSA) is 101 Å². The number of ether oxygens (including phenoxy) is 1.